The molecule has 0 aliphatic heterocycles. The van der Waals surface area contributed by atoms with Crippen molar-refractivity contribution in [3.63, 3.8) is 0 Å². The third-order valence-electron chi connectivity index (χ3n) is 4.06. The van der Waals surface area contributed by atoms with Gasteiger partial charge < -0.3 is 9.84 Å². The Morgan fingerprint density at radius 3 is 2.76 bits per heavy atom. The Morgan fingerprint density at radius 1 is 1.28 bits per heavy atom. The van der Waals surface area contributed by atoms with E-state index in [9.17, 15) is 5.11 Å². The van der Waals surface area contributed by atoms with Crippen LogP contribution in [0, 0.1) is 12.8 Å². The molecule has 6 nitrogen and oxygen atoms in total. The lowest BCUT2D eigenvalue weighted by molar-refractivity contribution is 0.305. The number of hydrogen-bond donors (Lipinski definition) is 1. The molecule has 0 atom stereocenters. The molecule has 0 aliphatic carbocycles. The minimum atomic E-state index is 0.378. The number of tetrazole rings is 1. The Kier molecular flexibility index (Phi) is 7.55. The van der Waals surface area contributed by atoms with Gasteiger partial charge in [-0.1, -0.05) is 31.7 Å². The first-order valence-electron chi connectivity index (χ1n) is 8.78. The van der Waals surface area contributed by atoms with E-state index in [-0.39, 0.29) is 0 Å². The number of nitrogens with zero attached hydrogens (tertiary/aromatic N) is 4. The van der Waals surface area contributed by atoms with E-state index < -0.39 is 0 Å². The predicted octanol–water partition coefficient (Wildman–Crippen LogP) is 3.76. The summed E-state index contributed by atoms with van der Waals surface area (Å²) in [6.07, 6.45) is 3.95. The fourth-order valence-electron chi connectivity index (χ4n) is 2.43. The van der Waals surface area contributed by atoms with Crippen LogP contribution in [0.2, 0.25) is 0 Å². The Balaban J connectivity index is 1.73. The Labute approximate surface area is 154 Å². The van der Waals surface area contributed by atoms with Crippen molar-refractivity contribution in [3.8, 4) is 11.5 Å². The molecule has 0 radical (unpaired) electrons. The SMILES string of the molecule is Cc1c(OCCCCSc2nnnn2C)ccc(CCC(C)C)c1O. The van der Waals surface area contributed by atoms with Gasteiger partial charge in [0.25, 0.3) is 0 Å². The van der Waals surface area contributed by atoms with E-state index in [4.69, 9.17) is 4.74 Å². The molecule has 1 aromatic carbocycles. The average molecular weight is 365 g/mol. The van der Waals surface area contributed by atoms with Gasteiger partial charge in [-0.05, 0) is 60.6 Å². The normalized spacial score (nSPS) is 11.2. The van der Waals surface area contributed by atoms with Crippen LogP contribution in [-0.2, 0) is 13.5 Å². The van der Waals surface area contributed by atoms with Gasteiger partial charge >= 0.3 is 0 Å². The molecule has 1 aromatic heterocycles. The highest BCUT2D eigenvalue weighted by Crippen LogP contribution is 2.31. The van der Waals surface area contributed by atoms with E-state index in [1.165, 1.54) is 0 Å². The van der Waals surface area contributed by atoms with Crippen molar-refractivity contribution in [1.29, 1.82) is 0 Å². The number of benzene rings is 1. The van der Waals surface area contributed by atoms with Gasteiger partial charge in [0.15, 0.2) is 0 Å². The maximum atomic E-state index is 10.4. The molecule has 0 saturated heterocycles. The van der Waals surface area contributed by atoms with Crippen molar-refractivity contribution in [2.45, 2.75) is 51.6 Å². The number of rotatable bonds is 10. The van der Waals surface area contributed by atoms with E-state index in [0.717, 1.165) is 53.5 Å². The Morgan fingerprint density at radius 2 is 2.08 bits per heavy atom. The third kappa shape index (κ3) is 5.92. The zero-order valence-electron chi connectivity index (χ0n) is 15.5. The van der Waals surface area contributed by atoms with Gasteiger partial charge in [0.1, 0.15) is 11.5 Å². The summed E-state index contributed by atoms with van der Waals surface area (Å²) in [5.74, 6) is 2.74. The van der Waals surface area contributed by atoms with E-state index in [2.05, 4.69) is 29.4 Å². The summed E-state index contributed by atoms with van der Waals surface area (Å²) in [6, 6.07) is 3.96. The van der Waals surface area contributed by atoms with Gasteiger partial charge in [-0.25, -0.2) is 4.68 Å². The first kappa shape index (κ1) is 19.6. The quantitative estimate of drug-likeness (QED) is 0.511. The molecule has 2 aromatic rings. The molecule has 0 amide bonds. The molecular formula is C18H28N4O2S. The van der Waals surface area contributed by atoms with Gasteiger partial charge in [0.05, 0.1) is 6.61 Å². The summed E-state index contributed by atoms with van der Waals surface area (Å²) in [6.45, 7) is 6.95. The predicted molar refractivity (Wildman–Crippen MR) is 100 cm³/mol. The van der Waals surface area contributed by atoms with Crippen molar-refractivity contribution in [1.82, 2.24) is 20.2 Å². The maximum absolute atomic E-state index is 10.4. The number of aryl methyl sites for hydroxylation is 2. The molecule has 138 valence electrons. The lowest BCUT2D eigenvalue weighted by atomic mass is 10.00. The van der Waals surface area contributed by atoms with Crippen molar-refractivity contribution in [2.75, 3.05) is 12.4 Å². The highest BCUT2D eigenvalue weighted by Gasteiger charge is 2.10. The molecule has 0 saturated carbocycles. The average Bonchev–Trinajstić information content (AvgIpc) is 2.98. The second-order valence-corrected chi connectivity index (χ2v) is 7.68. The number of aromatic hydroxyl groups is 1. The summed E-state index contributed by atoms with van der Waals surface area (Å²) in [4.78, 5) is 0. The summed E-state index contributed by atoms with van der Waals surface area (Å²) < 4.78 is 7.52. The summed E-state index contributed by atoms with van der Waals surface area (Å²) in [7, 11) is 1.84. The minimum Gasteiger partial charge on any atom is -0.507 e. The summed E-state index contributed by atoms with van der Waals surface area (Å²) in [5.41, 5.74) is 1.84. The number of phenolic OH excluding ortho intramolecular Hbond substituents is 1. The van der Waals surface area contributed by atoms with Crippen LogP contribution >= 0.6 is 11.8 Å². The van der Waals surface area contributed by atoms with Crippen LogP contribution in [0.25, 0.3) is 0 Å². The third-order valence-corrected chi connectivity index (χ3v) is 5.16. The van der Waals surface area contributed by atoms with Gasteiger partial charge in [0.2, 0.25) is 5.16 Å². The van der Waals surface area contributed by atoms with Crippen molar-refractivity contribution in [2.24, 2.45) is 13.0 Å². The van der Waals surface area contributed by atoms with Crippen LogP contribution in [0.4, 0.5) is 0 Å². The molecular weight excluding hydrogens is 336 g/mol. The number of thioether (sulfide) groups is 1. The highest BCUT2D eigenvalue weighted by molar-refractivity contribution is 7.99. The fourth-order valence-corrected chi connectivity index (χ4v) is 3.28. The molecule has 1 N–H and O–H groups in total. The largest absolute Gasteiger partial charge is 0.507 e. The molecule has 0 bridgehead atoms. The van der Waals surface area contributed by atoms with Crippen molar-refractivity contribution < 1.29 is 9.84 Å². The number of hydrogen-bond acceptors (Lipinski definition) is 6. The second kappa shape index (κ2) is 9.65. The van der Waals surface area contributed by atoms with E-state index in [1.54, 1.807) is 16.4 Å². The van der Waals surface area contributed by atoms with Crippen molar-refractivity contribution >= 4 is 11.8 Å². The lowest BCUT2D eigenvalue weighted by Crippen LogP contribution is -2.01. The summed E-state index contributed by atoms with van der Waals surface area (Å²) >= 11 is 1.65. The van der Waals surface area contributed by atoms with Crippen LogP contribution < -0.4 is 4.74 Å². The molecule has 0 unspecified atom stereocenters. The number of aromatic nitrogens is 4. The first-order valence-corrected chi connectivity index (χ1v) is 9.77. The molecule has 2 rings (SSSR count). The smallest absolute Gasteiger partial charge is 0.209 e. The van der Waals surface area contributed by atoms with Crippen LogP contribution in [0.3, 0.4) is 0 Å². The second-order valence-electron chi connectivity index (χ2n) is 6.62. The Hall–Kier alpha value is -1.76. The van der Waals surface area contributed by atoms with Gasteiger partial charge in [-0.15, -0.1) is 5.10 Å². The molecule has 25 heavy (non-hydrogen) atoms. The molecule has 0 aliphatic rings. The van der Waals surface area contributed by atoms with Crippen LogP contribution in [0.15, 0.2) is 17.3 Å². The number of unbranched alkanes of at least 4 members (excludes halogenated alkanes) is 1. The van der Waals surface area contributed by atoms with Crippen LogP contribution in [0.1, 0.15) is 44.2 Å². The zero-order chi connectivity index (χ0) is 18.2. The zero-order valence-corrected chi connectivity index (χ0v) is 16.3. The minimum absolute atomic E-state index is 0.378. The standard InChI is InChI=1S/C18H28N4O2S/c1-13(2)7-8-15-9-10-16(14(3)17(15)23)24-11-5-6-12-25-18-19-20-21-22(18)4/h9-10,13,23H,5-8,11-12H2,1-4H3. The van der Waals surface area contributed by atoms with E-state index >= 15 is 0 Å². The maximum Gasteiger partial charge on any atom is 0.209 e. The molecule has 7 heteroatoms. The van der Waals surface area contributed by atoms with Gasteiger partial charge in [0, 0.05) is 18.4 Å². The van der Waals surface area contributed by atoms with Crippen molar-refractivity contribution in [3.05, 3.63) is 23.3 Å². The molecule has 0 spiro atoms. The number of ether oxygens (including phenoxy) is 1. The Bertz CT molecular complexity index is 673. The monoisotopic (exact) mass is 364 g/mol. The highest BCUT2D eigenvalue weighted by atomic mass is 32.2. The van der Waals surface area contributed by atoms with Crippen LogP contribution in [0.5, 0.6) is 11.5 Å². The van der Waals surface area contributed by atoms with Gasteiger partial charge in [-0.3, -0.25) is 0 Å². The van der Waals surface area contributed by atoms with E-state index in [0.29, 0.717) is 18.3 Å². The number of phenols is 1. The molecule has 0 fully saturated rings. The first-order chi connectivity index (χ1) is 12.0. The topological polar surface area (TPSA) is 73.1 Å². The van der Waals surface area contributed by atoms with Gasteiger partial charge in [-0.2, -0.15) is 0 Å². The fraction of sp³-hybridized carbons (Fsp3) is 0.611. The van der Waals surface area contributed by atoms with E-state index in [1.807, 2.05) is 26.1 Å². The molecule has 1 heterocycles. The summed E-state index contributed by atoms with van der Waals surface area (Å²) in [5, 5.41) is 22.6. The lowest BCUT2D eigenvalue weighted by Gasteiger charge is -2.14. The van der Waals surface area contributed by atoms with Crippen LogP contribution in [-0.4, -0.2) is 37.7 Å².